The van der Waals surface area contributed by atoms with Crippen LogP contribution in [0.5, 0.6) is 0 Å². The van der Waals surface area contributed by atoms with Gasteiger partial charge in [0.05, 0.1) is 0 Å². The second-order valence-corrected chi connectivity index (χ2v) is 6.13. The van der Waals surface area contributed by atoms with E-state index in [-0.39, 0.29) is 11.3 Å². The molecule has 0 aliphatic carbocycles. The van der Waals surface area contributed by atoms with Crippen molar-refractivity contribution in [1.29, 1.82) is 0 Å². The predicted octanol–water partition coefficient (Wildman–Crippen LogP) is 3.31. The standard InChI is InChI=1S/C20H19N3O3/c1-13-16(18(25)21-14-9-5-3-6-10-14)17(24)20(2,23-13)19(26)22-15-11-7-4-8-12-15/h3-12,24H,1-2H3,(H,21,25)(H,22,26). The van der Waals surface area contributed by atoms with E-state index in [1.165, 1.54) is 6.92 Å². The number of carbonyl (C=O) groups is 2. The number of aliphatic imine (C=N–C) groups is 1. The van der Waals surface area contributed by atoms with Gasteiger partial charge in [-0.3, -0.25) is 14.6 Å². The van der Waals surface area contributed by atoms with Crippen LogP contribution in [0.4, 0.5) is 11.4 Å². The van der Waals surface area contributed by atoms with Gasteiger partial charge in [-0.15, -0.1) is 0 Å². The molecule has 2 amide bonds. The quantitative estimate of drug-likeness (QED) is 0.791. The molecule has 0 spiro atoms. The second-order valence-electron chi connectivity index (χ2n) is 6.13. The third-order valence-electron chi connectivity index (χ3n) is 4.18. The molecule has 0 aromatic heterocycles. The van der Waals surface area contributed by atoms with Gasteiger partial charge in [-0.05, 0) is 38.1 Å². The van der Waals surface area contributed by atoms with Crippen molar-refractivity contribution in [2.75, 3.05) is 10.6 Å². The summed E-state index contributed by atoms with van der Waals surface area (Å²) in [7, 11) is 0. The smallest absolute Gasteiger partial charge is 0.261 e. The zero-order valence-electron chi connectivity index (χ0n) is 14.5. The Kier molecular flexibility index (Phi) is 4.58. The van der Waals surface area contributed by atoms with Crippen molar-refractivity contribution in [1.82, 2.24) is 0 Å². The molecule has 1 aliphatic heterocycles. The van der Waals surface area contributed by atoms with Crippen molar-refractivity contribution in [3.63, 3.8) is 0 Å². The third-order valence-corrected chi connectivity index (χ3v) is 4.18. The molecule has 1 aliphatic rings. The third kappa shape index (κ3) is 3.21. The topological polar surface area (TPSA) is 90.8 Å². The van der Waals surface area contributed by atoms with E-state index >= 15 is 0 Å². The lowest BCUT2D eigenvalue weighted by Gasteiger charge is -2.20. The summed E-state index contributed by atoms with van der Waals surface area (Å²) in [6.07, 6.45) is 0. The van der Waals surface area contributed by atoms with Gasteiger partial charge >= 0.3 is 0 Å². The SMILES string of the molecule is CC1=NC(C)(C(=O)Nc2ccccc2)C(O)=C1C(=O)Nc1ccccc1. The van der Waals surface area contributed by atoms with Gasteiger partial charge in [0, 0.05) is 17.1 Å². The van der Waals surface area contributed by atoms with Crippen LogP contribution in [0.15, 0.2) is 77.0 Å². The lowest BCUT2D eigenvalue weighted by molar-refractivity contribution is -0.120. The Hall–Kier alpha value is -3.41. The molecule has 0 saturated heterocycles. The molecule has 1 heterocycles. The van der Waals surface area contributed by atoms with Crippen molar-refractivity contribution in [2.45, 2.75) is 19.4 Å². The Bertz CT molecular complexity index is 904. The minimum absolute atomic E-state index is 0.0135. The molecular formula is C20H19N3O3. The van der Waals surface area contributed by atoms with Crippen molar-refractivity contribution < 1.29 is 14.7 Å². The number of anilines is 2. The summed E-state index contributed by atoms with van der Waals surface area (Å²) in [6.45, 7) is 3.07. The number of nitrogens with zero attached hydrogens (tertiary/aromatic N) is 1. The molecule has 0 radical (unpaired) electrons. The molecule has 1 unspecified atom stereocenters. The molecule has 3 N–H and O–H groups in total. The molecule has 1 atom stereocenters. The zero-order chi connectivity index (χ0) is 18.7. The van der Waals surface area contributed by atoms with Crippen molar-refractivity contribution in [3.8, 4) is 0 Å². The van der Waals surface area contributed by atoms with E-state index in [4.69, 9.17) is 0 Å². The van der Waals surface area contributed by atoms with Crippen LogP contribution in [-0.4, -0.2) is 28.2 Å². The molecule has 2 aromatic rings. The first-order chi connectivity index (χ1) is 12.4. The average molecular weight is 349 g/mol. The van der Waals surface area contributed by atoms with Crippen molar-refractivity contribution >= 4 is 28.9 Å². The maximum Gasteiger partial charge on any atom is 0.261 e. The number of hydrogen-bond donors (Lipinski definition) is 3. The van der Waals surface area contributed by atoms with E-state index in [1.54, 1.807) is 55.5 Å². The van der Waals surface area contributed by atoms with Crippen molar-refractivity contribution in [2.24, 2.45) is 4.99 Å². The fraction of sp³-hybridized carbons (Fsp3) is 0.150. The fourth-order valence-corrected chi connectivity index (χ4v) is 2.78. The average Bonchev–Trinajstić information content (AvgIpc) is 2.86. The van der Waals surface area contributed by atoms with Gasteiger partial charge in [0.1, 0.15) is 11.3 Å². The minimum atomic E-state index is -1.55. The van der Waals surface area contributed by atoms with Crippen LogP contribution < -0.4 is 10.6 Å². The maximum atomic E-state index is 12.7. The highest BCUT2D eigenvalue weighted by atomic mass is 16.3. The summed E-state index contributed by atoms with van der Waals surface area (Å²) in [6, 6.07) is 17.8. The zero-order valence-corrected chi connectivity index (χ0v) is 14.5. The van der Waals surface area contributed by atoms with Gasteiger partial charge < -0.3 is 15.7 Å². The Balaban J connectivity index is 1.85. The van der Waals surface area contributed by atoms with Gasteiger partial charge in [-0.25, -0.2) is 0 Å². The lowest BCUT2D eigenvalue weighted by Crippen LogP contribution is -2.39. The normalized spacial score (nSPS) is 19.1. The number of aliphatic hydroxyl groups excluding tert-OH is 1. The fourth-order valence-electron chi connectivity index (χ4n) is 2.78. The number of aliphatic hydroxyl groups is 1. The summed E-state index contributed by atoms with van der Waals surface area (Å²) in [4.78, 5) is 29.5. The number of nitrogens with one attached hydrogen (secondary N) is 2. The van der Waals surface area contributed by atoms with Gasteiger partial charge in [0.2, 0.25) is 0 Å². The van der Waals surface area contributed by atoms with Crippen molar-refractivity contribution in [3.05, 3.63) is 72.0 Å². The molecule has 0 bridgehead atoms. The molecule has 132 valence electrons. The Morgan fingerprint density at radius 1 is 0.923 bits per heavy atom. The van der Waals surface area contributed by atoms with Gasteiger partial charge in [0.25, 0.3) is 11.8 Å². The number of para-hydroxylation sites is 2. The van der Waals surface area contributed by atoms with E-state index in [9.17, 15) is 14.7 Å². The highest BCUT2D eigenvalue weighted by Crippen LogP contribution is 2.32. The number of benzene rings is 2. The largest absolute Gasteiger partial charge is 0.508 e. The van der Waals surface area contributed by atoms with E-state index in [0.717, 1.165) is 0 Å². The minimum Gasteiger partial charge on any atom is -0.508 e. The second kappa shape index (κ2) is 6.84. The number of carbonyl (C=O) groups excluding carboxylic acids is 2. The predicted molar refractivity (Wildman–Crippen MR) is 101 cm³/mol. The molecule has 26 heavy (non-hydrogen) atoms. The van der Waals surface area contributed by atoms with Crippen LogP contribution >= 0.6 is 0 Å². The highest BCUT2D eigenvalue weighted by Gasteiger charge is 2.45. The van der Waals surface area contributed by atoms with Crippen LogP contribution in [0.2, 0.25) is 0 Å². The van der Waals surface area contributed by atoms with E-state index in [1.807, 2.05) is 12.1 Å². The summed E-state index contributed by atoms with van der Waals surface area (Å²) >= 11 is 0. The van der Waals surface area contributed by atoms with E-state index in [2.05, 4.69) is 15.6 Å². The molecule has 0 saturated carbocycles. The first-order valence-corrected chi connectivity index (χ1v) is 8.15. The van der Waals surface area contributed by atoms with Gasteiger partial charge in [-0.1, -0.05) is 36.4 Å². The number of hydrogen-bond acceptors (Lipinski definition) is 4. The summed E-state index contributed by atoms with van der Waals surface area (Å²) < 4.78 is 0. The first-order valence-electron chi connectivity index (χ1n) is 8.15. The molecule has 0 fully saturated rings. The summed E-state index contributed by atoms with van der Waals surface area (Å²) in [5.41, 5.74) is -0.0563. The van der Waals surface area contributed by atoms with Crippen LogP contribution in [0.3, 0.4) is 0 Å². The Morgan fingerprint density at radius 3 is 1.96 bits per heavy atom. The molecule has 6 nitrogen and oxygen atoms in total. The van der Waals surface area contributed by atoms with Crippen LogP contribution in [-0.2, 0) is 9.59 Å². The van der Waals surface area contributed by atoms with Crippen LogP contribution in [0.25, 0.3) is 0 Å². The molecule has 6 heteroatoms. The van der Waals surface area contributed by atoms with E-state index in [0.29, 0.717) is 17.1 Å². The number of rotatable bonds is 4. The maximum absolute atomic E-state index is 12.7. The highest BCUT2D eigenvalue weighted by molar-refractivity contribution is 6.28. The summed E-state index contributed by atoms with van der Waals surface area (Å²) in [5.74, 6) is -1.38. The van der Waals surface area contributed by atoms with E-state index < -0.39 is 17.4 Å². The van der Waals surface area contributed by atoms with Crippen LogP contribution in [0, 0.1) is 0 Å². The molecule has 3 rings (SSSR count). The summed E-state index contributed by atoms with van der Waals surface area (Å²) in [5, 5.41) is 16.0. The molecular weight excluding hydrogens is 330 g/mol. The van der Waals surface area contributed by atoms with Gasteiger partial charge in [-0.2, -0.15) is 0 Å². The van der Waals surface area contributed by atoms with Crippen LogP contribution in [0.1, 0.15) is 13.8 Å². The Labute approximate surface area is 151 Å². The lowest BCUT2D eigenvalue weighted by atomic mass is 9.97. The Morgan fingerprint density at radius 2 is 1.42 bits per heavy atom. The number of amides is 2. The monoisotopic (exact) mass is 349 g/mol. The van der Waals surface area contributed by atoms with Gasteiger partial charge in [0.15, 0.2) is 5.54 Å². The molecule has 2 aromatic carbocycles. The first kappa shape index (κ1) is 17.4.